The number of hydrogen-bond donors (Lipinski definition) is 4. The molecule has 5 N–H and O–H groups in total. The molecule has 0 bridgehead atoms. The SMILES string of the molecule is N[C@@H](Cc1cnc[nH]1)C(=O)O.O=C1NS(=O)(=O)c2ccccc21. The highest BCUT2D eigenvalue weighted by molar-refractivity contribution is 7.90. The Morgan fingerprint density at radius 1 is 1.35 bits per heavy atom. The molecule has 9 nitrogen and oxygen atoms in total. The minimum absolute atomic E-state index is 0.0648. The first kappa shape index (κ1) is 16.6. The van der Waals surface area contributed by atoms with Gasteiger partial charge in [-0.25, -0.2) is 18.1 Å². The maximum absolute atomic E-state index is 11.1. The van der Waals surface area contributed by atoms with Crippen molar-refractivity contribution in [2.75, 3.05) is 0 Å². The lowest BCUT2D eigenvalue weighted by Gasteiger charge is -2.02. The van der Waals surface area contributed by atoms with Crippen LogP contribution in [0, 0.1) is 0 Å². The number of H-pyrrole nitrogens is 1. The number of rotatable bonds is 3. The van der Waals surface area contributed by atoms with Crippen LogP contribution in [-0.4, -0.2) is 41.4 Å². The number of imidazole rings is 1. The number of hydrogen-bond acceptors (Lipinski definition) is 6. The van der Waals surface area contributed by atoms with Crippen LogP contribution in [0.2, 0.25) is 0 Å². The van der Waals surface area contributed by atoms with Gasteiger partial charge in [0.25, 0.3) is 15.9 Å². The zero-order valence-corrected chi connectivity index (χ0v) is 12.6. The van der Waals surface area contributed by atoms with Crippen molar-refractivity contribution < 1.29 is 23.1 Å². The molecule has 1 aromatic heterocycles. The van der Waals surface area contributed by atoms with Crippen LogP contribution in [0.3, 0.4) is 0 Å². The Hall–Kier alpha value is -2.72. The number of benzene rings is 1. The lowest BCUT2D eigenvalue weighted by Crippen LogP contribution is -2.32. The zero-order valence-electron chi connectivity index (χ0n) is 11.8. The second-order valence-corrected chi connectivity index (χ2v) is 6.31. The first-order valence-electron chi connectivity index (χ1n) is 6.43. The Labute approximate surface area is 131 Å². The number of aromatic amines is 1. The smallest absolute Gasteiger partial charge is 0.320 e. The quantitative estimate of drug-likeness (QED) is 0.587. The minimum Gasteiger partial charge on any atom is -0.480 e. The molecule has 0 saturated heterocycles. The predicted molar refractivity (Wildman–Crippen MR) is 79.0 cm³/mol. The highest BCUT2D eigenvalue weighted by Gasteiger charge is 2.31. The van der Waals surface area contributed by atoms with E-state index in [9.17, 15) is 18.0 Å². The van der Waals surface area contributed by atoms with Crippen molar-refractivity contribution in [3.8, 4) is 0 Å². The molecule has 1 aliphatic heterocycles. The highest BCUT2D eigenvalue weighted by Crippen LogP contribution is 2.20. The zero-order chi connectivity index (χ0) is 17.0. The second kappa shape index (κ2) is 6.58. The Balaban J connectivity index is 0.000000168. The number of sulfonamides is 1. The van der Waals surface area contributed by atoms with E-state index in [4.69, 9.17) is 10.8 Å². The predicted octanol–water partition coefficient (Wildman–Crippen LogP) is -0.517. The molecule has 0 saturated carbocycles. The Kier molecular flexibility index (Phi) is 4.77. The molecule has 0 aliphatic carbocycles. The molecule has 0 radical (unpaired) electrons. The molecule has 1 aliphatic rings. The molecular formula is C13H14N4O5S. The van der Waals surface area contributed by atoms with Crippen LogP contribution in [0.15, 0.2) is 41.7 Å². The Bertz CT molecular complexity index is 817. The average Bonchev–Trinajstić information content (AvgIpc) is 3.07. The molecule has 1 atom stereocenters. The molecule has 0 unspecified atom stereocenters. The van der Waals surface area contributed by atoms with E-state index in [0.29, 0.717) is 0 Å². The van der Waals surface area contributed by atoms with E-state index in [0.717, 1.165) is 5.69 Å². The number of nitrogens with one attached hydrogen (secondary N) is 2. The van der Waals surface area contributed by atoms with Crippen LogP contribution in [0.5, 0.6) is 0 Å². The minimum atomic E-state index is -3.55. The first-order valence-corrected chi connectivity index (χ1v) is 7.91. The number of nitrogens with two attached hydrogens (primary N) is 1. The van der Waals surface area contributed by atoms with Crippen LogP contribution in [0.1, 0.15) is 16.1 Å². The number of fused-ring (bicyclic) bond motifs is 1. The van der Waals surface area contributed by atoms with Gasteiger partial charge in [-0.2, -0.15) is 0 Å². The number of carboxylic acid groups (broad SMARTS) is 1. The molecule has 1 aromatic carbocycles. The van der Waals surface area contributed by atoms with Crippen molar-refractivity contribution in [2.24, 2.45) is 5.73 Å². The van der Waals surface area contributed by atoms with Gasteiger partial charge in [0, 0.05) is 18.3 Å². The fourth-order valence-electron chi connectivity index (χ4n) is 1.84. The summed E-state index contributed by atoms with van der Waals surface area (Å²) in [6.07, 6.45) is 3.34. The summed E-state index contributed by atoms with van der Waals surface area (Å²) in [6.45, 7) is 0. The normalized spacial score (nSPS) is 15.8. The van der Waals surface area contributed by atoms with Gasteiger partial charge in [0.15, 0.2) is 0 Å². The summed E-state index contributed by atoms with van der Waals surface area (Å²) in [7, 11) is -3.55. The lowest BCUT2D eigenvalue weighted by atomic mass is 10.2. The number of aliphatic carboxylic acids is 1. The summed E-state index contributed by atoms with van der Waals surface area (Å²) in [5.74, 6) is -1.55. The third kappa shape index (κ3) is 3.93. The topological polar surface area (TPSA) is 155 Å². The highest BCUT2D eigenvalue weighted by atomic mass is 32.2. The van der Waals surface area contributed by atoms with E-state index in [-0.39, 0.29) is 16.9 Å². The number of amides is 1. The molecule has 3 rings (SSSR count). The van der Waals surface area contributed by atoms with E-state index < -0.39 is 27.9 Å². The molecule has 2 heterocycles. The number of carboxylic acids is 1. The van der Waals surface area contributed by atoms with Crippen molar-refractivity contribution in [2.45, 2.75) is 17.4 Å². The summed E-state index contributed by atoms with van der Waals surface area (Å²) in [5, 5.41) is 8.42. The van der Waals surface area contributed by atoms with Crippen LogP contribution in [0.4, 0.5) is 0 Å². The lowest BCUT2D eigenvalue weighted by molar-refractivity contribution is -0.138. The van der Waals surface area contributed by atoms with E-state index in [2.05, 4.69) is 9.97 Å². The van der Waals surface area contributed by atoms with Gasteiger partial charge in [-0.3, -0.25) is 9.59 Å². The average molecular weight is 338 g/mol. The van der Waals surface area contributed by atoms with Gasteiger partial charge in [-0.1, -0.05) is 12.1 Å². The largest absolute Gasteiger partial charge is 0.480 e. The summed E-state index contributed by atoms with van der Waals surface area (Å²) in [5.41, 5.74) is 6.22. The van der Waals surface area contributed by atoms with Gasteiger partial charge in [0.1, 0.15) is 10.9 Å². The van der Waals surface area contributed by atoms with E-state index >= 15 is 0 Å². The van der Waals surface area contributed by atoms with Gasteiger partial charge in [-0.15, -0.1) is 0 Å². The van der Waals surface area contributed by atoms with Crippen LogP contribution < -0.4 is 10.5 Å². The molecule has 0 spiro atoms. The third-order valence-corrected chi connectivity index (χ3v) is 4.35. The Morgan fingerprint density at radius 3 is 2.61 bits per heavy atom. The molecule has 2 aromatic rings. The fourth-order valence-corrected chi connectivity index (χ4v) is 3.01. The Morgan fingerprint density at radius 2 is 2.04 bits per heavy atom. The van der Waals surface area contributed by atoms with Crippen molar-refractivity contribution in [3.63, 3.8) is 0 Å². The van der Waals surface area contributed by atoms with E-state index in [1.165, 1.54) is 18.5 Å². The van der Waals surface area contributed by atoms with Crippen molar-refractivity contribution in [1.29, 1.82) is 0 Å². The van der Waals surface area contributed by atoms with Crippen LogP contribution >= 0.6 is 0 Å². The van der Waals surface area contributed by atoms with Gasteiger partial charge < -0.3 is 15.8 Å². The fraction of sp³-hybridized carbons (Fsp3) is 0.154. The van der Waals surface area contributed by atoms with Crippen molar-refractivity contribution in [1.82, 2.24) is 14.7 Å². The summed E-state index contributed by atoms with van der Waals surface area (Å²) in [4.78, 5) is 27.8. The second-order valence-electron chi connectivity index (χ2n) is 4.66. The maximum atomic E-state index is 11.1. The van der Waals surface area contributed by atoms with Crippen LogP contribution in [-0.2, 0) is 21.2 Å². The standard InChI is InChI=1S/C7H5NO3S.C6H9N3O2/c9-7-5-3-1-2-4-6(5)12(10,11)8-7;7-5(6(10)11)1-4-2-8-3-9-4/h1-4H,(H,8,9);2-3,5H,1,7H2,(H,8,9)(H,10,11)/t;5-/m.0/s1. The van der Waals surface area contributed by atoms with Gasteiger partial charge in [-0.05, 0) is 12.1 Å². The van der Waals surface area contributed by atoms with Gasteiger partial charge >= 0.3 is 5.97 Å². The van der Waals surface area contributed by atoms with E-state index in [1.807, 2.05) is 4.72 Å². The van der Waals surface area contributed by atoms with Crippen molar-refractivity contribution >= 4 is 21.9 Å². The number of aromatic nitrogens is 2. The summed E-state index contributed by atoms with van der Waals surface area (Å²) in [6, 6.07) is 5.24. The molecular weight excluding hydrogens is 324 g/mol. The third-order valence-electron chi connectivity index (χ3n) is 2.96. The molecule has 1 amide bonds. The van der Waals surface area contributed by atoms with Gasteiger partial charge in [0.05, 0.1) is 11.9 Å². The summed E-state index contributed by atoms with van der Waals surface area (Å²) >= 11 is 0. The summed E-state index contributed by atoms with van der Waals surface area (Å²) < 4.78 is 24.2. The number of nitrogens with zero attached hydrogens (tertiary/aromatic N) is 1. The van der Waals surface area contributed by atoms with Crippen LogP contribution in [0.25, 0.3) is 0 Å². The molecule has 122 valence electrons. The van der Waals surface area contributed by atoms with E-state index in [1.54, 1.807) is 18.3 Å². The first-order chi connectivity index (χ1) is 10.8. The number of carbonyl (C=O) groups is 2. The number of carbonyl (C=O) groups excluding carboxylic acids is 1. The maximum Gasteiger partial charge on any atom is 0.320 e. The molecule has 23 heavy (non-hydrogen) atoms. The molecule has 10 heteroatoms. The molecule has 0 fully saturated rings. The van der Waals surface area contributed by atoms with Gasteiger partial charge in [0.2, 0.25) is 0 Å². The van der Waals surface area contributed by atoms with Crippen molar-refractivity contribution in [3.05, 3.63) is 48.0 Å². The monoisotopic (exact) mass is 338 g/mol.